The summed E-state index contributed by atoms with van der Waals surface area (Å²) in [5.41, 5.74) is 3.46. The van der Waals surface area contributed by atoms with E-state index in [0.717, 1.165) is 30.8 Å². The van der Waals surface area contributed by atoms with Crippen molar-refractivity contribution in [1.29, 1.82) is 0 Å². The molecule has 18 heavy (non-hydrogen) atoms. The zero-order chi connectivity index (χ0) is 12.4. The second kappa shape index (κ2) is 5.22. The van der Waals surface area contributed by atoms with Gasteiger partial charge in [0.25, 0.3) is 0 Å². The van der Waals surface area contributed by atoms with Crippen molar-refractivity contribution in [2.24, 2.45) is 0 Å². The van der Waals surface area contributed by atoms with E-state index in [4.69, 9.17) is 0 Å². The van der Waals surface area contributed by atoms with Crippen LogP contribution in [0.4, 0.5) is 11.4 Å². The molecule has 0 spiro atoms. The van der Waals surface area contributed by atoms with Crippen molar-refractivity contribution in [2.75, 3.05) is 22.9 Å². The van der Waals surface area contributed by atoms with Crippen LogP contribution in [0.5, 0.6) is 0 Å². The molecule has 4 heteroatoms. The smallest absolute Gasteiger partial charge is 0.237 e. The van der Waals surface area contributed by atoms with Crippen LogP contribution < -0.4 is 10.6 Å². The number of anilines is 2. The normalized spacial score (nSPS) is 22.1. The highest BCUT2D eigenvalue weighted by Crippen LogP contribution is 2.28. The maximum Gasteiger partial charge on any atom is 0.237 e. The molecule has 2 aliphatic heterocycles. The number of nitrogens with one attached hydrogen (secondary N) is 2. The second-order valence-electron chi connectivity index (χ2n) is 4.89. The Kier molecular flexibility index (Phi) is 3.46. The van der Waals surface area contributed by atoms with Crippen LogP contribution in [0.25, 0.3) is 0 Å². The number of amides is 1. The third-order valence-electron chi connectivity index (χ3n) is 3.55. The third kappa shape index (κ3) is 2.48. The van der Waals surface area contributed by atoms with E-state index in [1.54, 1.807) is 11.8 Å². The van der Waals surface area contributed by atoms with E-state index in [2.05, 4.69) is 22.8 Å². The molecule has 0 aromatic heterocycles. The zero-order valence-corrected chi connectivity index (χ0v) is 11.2. The van der Waals surface area contributed by atoms with E-state index in [9.17, 15) is 4.79 Å². The Hall–Kier alpha value is -1.16. The standard InChI is InChI=1S/C14H18N2OS/c17-14(13-3-1-2-8-18-13)16-11-4-5-12-10(9-11)6-7-15-12/h4-5,9,13,15H,1-3,6-8H2,(H,16,17). The number of carbonyl (C=O) groups is 1. The molecule has 1 atom stereocenters. The van der Waals surface area contributed by atoms with Gasteiger partial charge in [-0.25, -0.2) is 0 Å². The molecule has 3 nitrogen and oxygen atoms in total. The Bertz CT molecular complexity index is 455. The number of carbonyl (C=O) groups excluding carboxylic acids is 1. The SMILES string of the molecule is O=C(Nc1ccc2c(c1)CCN2)C1CCCCS1. The number of benzene rings is 1. The molecule has 1 amide bonds. The topological polar surface area (TPSA) is 41.1 Å². The Morgan fingerprint density at radius 2 is 2.33 bits per heavy atom. The van der Waals surface area contributed by atoms with Gasteiger partial charge in [0.2, 0.25) is 5.91 Å². The molecule has 0 saturated carbocycles. The number of rotatable bonds is 2. The van der Waals surface area contributed by atoms with E-state index in [1.807, 2.05) is 6.07 Å². The van der Waals surface area contributed by atoms with Crippen molar-refractivity contribution >= 4 is 29.0 Å². The minimum Gasteiger partial charge on any atom is -0.384 e. The Morgan fingerprint density at radius 3 is 3.17 bits per heavy atom. The van der Waals surface area contributed by atoms with Gasteiger partial charge in [-0.1, -0.05) is 6.42 Å². The summed E-state index contributed by atoms with van der Waals surface area (Å²) in [6.07, 6.45) is 4.50. The van der Waals surface area contributed by atoms with E-state index in [1.165, 1.54) is 24.1 Å². The van der Waals surface area contributed by atoms with Crippen molar-refractivity contribution in [3.63, 3.8) is 0 Å². The highest BCUT2D eigenvalue weighted by molar-refractivity contribution is 8.00. The highest BCUT2D eigenvalue weighted by atomic mass is 32.2. The third-order valence-corrected chi connectivity index (χ3v) is 4.93. The lowest BCUT2D eigenvalue weighted by atomic mass is 10.1. The van der Waals surface area contributed by atoms with Crippen molar-refractivity contribution in [2.45, 2.75) is 30.9 Å². The van der Waals surface area contributed by atoms with Gasteiger partial charge in [0, 0.05) is 17.9 Å². The van der Waals surface area contributed by atoms with Gasteiger partial charge >= 0.3 is 0 Å². The van der Waals surface area contributed by atoms with Gasteiger partial charge in [0.15, 0.2) is 0 Å². The first-order valence-corrected chi connectivity index (χ1v) is 7.67. The molecule has 1 aromatic rings. The molecule has 1 fully saturated rings. The van der Waals surface area contributed by atoms with Gasteiger partial charge in [-0.05, 0) is 48.8 Å². The van der Waals surface area contributed by atoms with E-state index in [-0.39, 0.29) is 11.2 Å². The highest BCUT2D eigenvalue weighted by Gasteiger charge is 2.22. The molecular weight excluding hydrogens is 244 g/mol. The summed E-state index contributed by atoms with van der Waals surface area (Å²) in [6, 6.07) is 6.15. The first-order chi connectivity index (χ1) is 8.83. The summed E-state index contributed by atoms with van der Waals surface area (Å²) in [4.78, 5) is 12.1. The molecule has 2 aliphatic rings. The monoisotopic (exact) mass is 262 g/mol. The number of thioether (sulfide) groups is 1. The average Bonchev–Trinajstić information content (AvgIpc) is 2.87. The number of hydrogen-bond acceptors (Lipinski definition) is 3. The molecule has 96 valence electrons. The second-order valence-corrected chi connectivity index (χ2v) is 6.20. The minimum atomic E-state index is 0.144. The van der Waals surface area contributed by atoms with E-state index in [0.29, 0.717) is 0 Å². The molecule has 3 rings (SSSR count). The predicted molar refractivity (Wildman–Crippen MR) is 77.4 cm³/mol. The quantitative estimate of drug-likeness (QED) is 0.861. The van der Waals surface area contributed by atoms with Gasteiger partial charge in [-0.15, -0.1) is 11.8 Å². The minimum absolute atomic E-state index is 0.144. The largest absolute Gasteiger partial charge is 0.384 e. The van der Waals surface area contributed by atoms with Gasteiger partial charge in [-0.2, -0.15) is 0 Å². The lowest BCUT2D eigenvalue weighted by molar-refractivity contribution is -0.115. The summed E-state index contributed by atoms with van der Waals surface area (Å²) < 4.78 is 0. The van der Waals surface area contributed by atoms with Crippen molar-refractivity contribution < 1.29 is 4.79 Å². The van der Waals surface area contributed by atoms with Crippen LogP contribution in [0.15, 0.2) is 18.2 Å². The molecule has 1 unspecified atom stereocenters. The summed E-state index contributed by atoms with van der Waals surface area (Å²) in [7, 11) is 0. The van der Waals surface area contributed by atoms with Crippen LogP contribution in [0.3, 0.4) is 0 Å². The van der Waals surface area contributed by atoms with Crippen LogP contribution in [0, 0.1) is 0 Å². The Balaban J connectivity index is 1.66. The zero-order valence-electron chi connectivity index (χ0n) is 10.4. The number of hydrogen-bond donors (Lipinski definition) is 2. The summed E-state index contributed by atoms with van der Waals surface area (Å²) >= 11 is 1.79. The van der Waals surface area contributed by atoms with Crippen LogP contribution in [-0.2, 0) is 11.2 Å². The van der Waals surface area contributed by atoms with E-state index < -0.39 is 0 Å². The average molecular weight is 262 g/mol. The Morgan fingerprint density at radius 1 is 1.39 bits per heavy atom. The van der Waals surface area contributed by atoms with Crippen LogP contribution in [0.1, 0.15) is 24.8 Å². The fraction of sp³-hybridized carbons (Fsp3) is 0.500. The molecule has 1 aromatic carbocycles. The van der Waals surface area contributed by atoms with E-state index >= 15 is 0 Å². The summed E-state index contributed by atoms with van der Waals surface area (Å²) in [5, 5.41) is 6.52. The van der Waals surface area contributed by atoms with Crippen molar-refractivity contribution in [3.05, 3.63) is 23.8 Å². The lowest BCUT2D eigenvalue weighted by Crippen LogP contribution is -2.27. The van der Waals surface area contributed by atoms with Crippen LogP contribution in [0.2, 0.25) is 0 Å². The van der Waals surface area contributed by atoms with Crippen molar-refractivity contribution in [3.8, 4) is 0 Å². The van der Waals surface area contributed by atoms with Gasteiger partial charge < -0.3 is 10.6 Å². The van der Waals surface area contributed by atoms with Gasteiger partial charge in [-0.3, -0.25) is 4.79 Å². The van der Waals surface area contributed by atoms with Crippen LogP contribution >= 0.6 is 11.8 Å². The van der Waals surface area contributed by atoms with Crippen molar-refractivity contribution in [1.82, 2.24) is 0 Å². The van der Waals surface area contributed by atoms with Crippen LogP contribution in [-0.4, -0.2) is 23.5 Å². The molecular formula is C14H18N2OS. The summed E-state index contributed by atoms with van der Waals surface area (Å²) in [6.45, 7) is 1.01. The van der Waals surface area contributed by atoms with Gasteiger partial charge in [0.1, 0.15) is 0 Å². The lowest BCUT2D eigenvalue weighted by Gasteiger charge is -2.20. The molecule has 2 N–H and O–H groups in total. The van der Waals surface area contributed by atoms with Gasteiger partial charge in [0.05, 0.1) is 5.25 Å². The Labute approximate surface area is 112 Å². The fourth-order valence-electron chi connectivity index (χ4n) is 2.55. The summed E-state index contributed by atoms with van der Waals surface area (Å²) in [5.74, 6) is 1.29. The first-order valence-electron chi connectivity index (χ1n) is 6.62. The predicted octanol–water partition coefficient (Wildman–Crippen LogP) is 2.88. The maximum atomic E-state index is 12.1. The first kappa shape index (κ1) is 11.9. The molecule has 2 heterocycles. The fourth-order valence-corrected chi connectivity index (χ4v) is 3.75. The number of fused-ring (bicyclic) bond motifs is 1. The molecule has 0 aliphatic carbocycles. The molecule has 1 saturated heterocycles. The molecule has 0 radical (unpaired) electrons. The maximum absolute atomic E-state index is 12.1. The molecule has 0 bridgehead atoms.